The normalized spacial score (nSPS) is 12.4. The molecule has 0 saturated carbocycles. The Balaban J connectivity index is 1.50. The van der Waals surface area contributed by atoms with Crippen molar-refractivity contribution < 1.29 is 23.8 Å². The van der Waals surface area contributed by atoms with E-state index in [1.54, 1.807) is 13.8 Å². The second-order valence-corrected chi connectivity index (χ2v) is 11.4. The molecule has 5 aromatic carbocycles. The third kappa shape index (κ3) is 5.52. The fourth-order valence-corrected chi connectivity index (χ4v) is 6.12. The van der Waals surface area contributed by atoms with Crippen LogP contribution in [0.4, 0.5) is 0 Å². The number of hydrogen-bond acceptors (Lipinski definition) is 5. The fourth-order valence-electron chi connectivity index (χ4n) is 6.12. The molecule has 1 aliphatic carbocycles. The number of benzene rings is 5. The predicted octanol–water partition coefficient (Wildman–Crippen LogP) is 8.70. The molecule has 0 atom stereocenters. The van der Waals surface area contributed by atoms with Crippen LogP contribution in [0.3, 0.4) is 0 Å². The van der Waals surface area contributed by atoms with Gasteiger partial charge in [0.05, 0.1) is 5.41 Å². The van der Waals surface area contributed by atoms with Gasteiger partial charge in [-0.25, -0.2) is 9.59 Å². The average molecular weight is 607 g/mol. The first kappa shape index (κ1) is 30.4. The maximum absolute atomic E-state index is 12.7. The summed E-state index contributed by atoms with van der Waals surface area (Å²) in [7, 11) is 0. The predicted molar refractivity (Wildman–Crippen MR) is 181 cm³/mol. The lowest BCUT2D eigenvalue weighted by molar-refractivity contribution is -0.139. The van der Waals surface area contributed by atoms with Gasteiger partial charge in [-0.3, -0.25) is 0 Å². The van der Waals surface area contributed by atoms with Crippen LogP contribution in [0.15, 0.2) is 146 Å². The highest BCUT2D eigenvalue weighted by atomic mass is 16.6. The summed E-state index contributed by atoms with van der Waals surface area (Å²) in [5, 5.41) is 0. The van der Waals surface area contributed by atoms with Crippen molar-refractivity contribution in [3.8, 4) is 33.8 Å². The second kappa shape index (κ2) is 12.7. The van der Waals surface area contributed by atoms with Crippen molar-refractivity contribution in [3.63, 3.8) is 0 Å². The zero-order chi connectivity index (χ0) is 32.3. The first-order valence-electron chi connectivity index (χ1n) is 15.1. The van der Waals surface area contributed by atoms with Gasteiger partial charge in [-0.05, 0) is 77.1 Å². The van der Waals surface area contributed by atoms with Crippen LogP contribution in [-0.4, -0.2) is 25.2 Å². The average Bonchev–Trinajstić information content (AvgIpc) is 3.38. The lowest BCUT2D eigenvalue weighted by atomic mass is 9.67. The molecule has 0 heterocycles. The topological polar surface area (TPSA) is 61.8 Å². The van der Waals surface area contributed by atoms with Gasteiger partial charge in [0.25, 0.3) is 0 Å². The lowest BCUT2D eigenvalue weighted by Crippen LogP contribution is -2.28. The summed E-state index contributed by atoms with van der Waals surface area (Å²) < 4.78 is 17.0. The van der Waals surface area contributed by atoms with Crippen molar-refractivity contribution >= 4 is 11.9 Å². The minimum Gasteiger partial charge on any atom is -0.490 e. The van der Waals surface area contributed by atoms with Gasteiger partial charge in [0.2, 0.25) is 0 Å². The lowest BCUT2D eigenvalue weighted by Gasteiger charge is -2.34. The minimum absolute atomic E-state index is 0.128. The Labute approximate surface area is 269 Å². The third-order valence-corrected chi connectivity index (χ3v) is 8.22. The van der Waals surface area contributed by atoms with Crippen LogP contribution in [0.5, 0.6) is 11.5 Å². The first-order valence-corrected chi connectivity index (χ1v) is 15.1. The van der Waals surface area contributed by atoms with Gasteiger partial charge >= 0.3 is 11.9 Å². The molecule has 0 fully saturated rings. The summed E-state index contributed by atoms with van der Waals surface area (Å²) in [5.41, 5.74) is 8.45. The van der Waals surface area contributed by atoms with Gasteiger partial charge in [-0.2, -0.15) is 0 Å². The Bertz CT molecular complexity index is 1910. The molecular formula is C41H34O5. The molecule has 0 N–H and O–H groups in total. The van der Waals surface area contributed by atoms with Crippen LogP contribution in [0, 0.1) is 0 Å². The van der Waals surface area contributed by atoms with Gasteiger partial charge in [0, 0.05) is 16.7 Å². The molecule has 0 aromatic heterocycles. The number of ether oxygens (including phenoxy) is 3. The molecule has 5 aromatic rings. The van der Waals surface area contributed by atoms with Crippen molar-refractivity contribution in [2.45, 2.75) is 19.3 Å². The zero-order valence-corrected chi connectivity index (χ0v) is 25.9. The highest BCUT2D eigenvalue weighted by molar-refractivity contribution is 5.91. The van der Waals surface area contributed by atoms with Crippen molar-refractivity contribution in [2.24, 2.45) is 0 Å². The van der Waals surface area contributed by atoms with E-state index >= 15 is 0 Å². The van der Waals surface area contributed by atoms with Gasteiger partial charge in [-0.1, -0.05) is 110 Å². The summed E-state index contributed by atoms with van der Waals surface area (Å²) in [4.78, 5) is 24.4. The number of esters is 2. The molecule has 0 unspecified atom stereocenters. The Morgan fingerprint density at radius 3 is 1.78 bits per heavy atom. The summed E-state index contributed by atoms with van der Waals surface area (Å²) in [6.07, 6.45) is 0. The molecule has 0 saturated heterocycles. The molecule has 46 heavy (non-hydrogen) atoms. The third-order valence-electron chi connectivity index (χ3n) is 8.22. The van der Waals surface area contributed by atoms with Gasteiger partial charge in [-0.15, -0.1) is 0 Å². The van der Waals surface area contributed by atoms with E-state index in [0.717, 1.165) is 44.5 Å². The maximum Gasteiger partial charge on any atom is 0.338 e. The molecule has 5 nitrogen and oxygen atoms in total. The zero-order valence-electron chi connectivity index (χ0n) is 25.9. The number of carbonyl (C=O) groups excluding carboxylic acids is 2. The van der Waals surface area contributed by atoms with Crippen LogP contribution in [-0.2, 0) is 19.7 Å². The molecule has 0 amide bonds. The van der Waals surface area contributed by atoms with Crippen LogP contribution in [0.1, 0.15) is 36.1 Å². The molecule has 6 rings (SSSR count). The van der Waals surface area contributed by atoms with Gasteiger partial charge in [0.15, 0.2) is 0 Å². The van der Waals surface area contributed by atoms with Crippen LogP contribution < -0.4 is 9.47 Å². The Kier molecular flexibility index (Phi) is 8.41. The first-order chi connectivity index (χ1) is 22.3. The monoisotopic (exact) mass is 606 g/mol. The molecule has 228 valence electrons. The van der Waals surface area contributed by atoms with Crippen LogP contribution in [0.25, 0.3) is 22.3 Å². The Hall–Kier alpha value is -5.68. The fraction of sp³-hybridized carbons (Fsp3) is 0.122. The van der Waals surface area contributed by atoms with E-state index in [9.17, 15) is 9.59 Å². The van der Waals surface area contributed by atoms with Crippen molar-refractivity contribution in [1.82, 2.24) is 0 Å². The smallest absolute Gasteiger partial charge is 0.338 e. The standard InChI is InChI=1S/C41H34O5/c1-27(2)39(42)45-25-24-44-32-21-18-30(19-22-32)41(36-16-10-8-14-33(36)34-15-9-11-17-37(34)41)31-20-23-38(46-40(43)28(3)4)35(26-31)29-12-6-5-7-13-29/h5-23,26H,1,3,24-25H2,2,4H3. The van der Waals surface area contributed by atoms with Crippen molar-refractivity contribution in [3.05, 3.63) is 168 Å². The van der Waals surface area contributed by atoms with E-state index in [2.05, 4.69) is 79.9 Å². The van der Waals surface area contributed by atoms with Crippen molar-refractivity contribution in [2.75, 3.05) is 13.2 Å². The SMILES string of the molecule is C=C(C)C(=O)OCCOc1ccc(C2(c3ccc(OC(=O)C(=C)C)c(-c4ccccc4)c3)c3ccccc3-c3ccccc32)cc1. The molecule has 0 radical (unpaired) electrons. The number of fused-ring (bicyclic) bond motifs is 3. The van der Waals surface area contributed by atoms with E-state index in [0.29, 0.717) is 22.6 Å². The quantitative estimate of drug-likeness (QED) is 0.0676. The van der Waals surface area contributed by atoms with Crippen LogP contribution >= 0.6 is 0 Å². The number of hydrogen-bond donors (Lipinski definition) is 0. The number of carbonyl (C=O) groups is 2. The Morgan fingerprint density at radius 1 is 0.609 bits per heavy atom. The molecule has 0 bridgehead atoms. The molecule has 1 aliphatic rings. The largest absolute Gasteiger partial charge is 0.490 e. The highest BCUT2D eigenvalue weighted by Gasteiger charge is 2.46. The maximum atomic E-state index is 12.7. The van der Waals surface area contributed by atoms with Crippen molar-refractivity contribution in [1.29, 1.82) is 0 Å². The molecule has 0 spiro atoms. The van der Waals surface area contributed by atoms with E-state index in [4.69, 9.17) is 14.2 Å². The van der Waals surface area contributed by atoms with E-state index in [-0.39, 0.29) is 13.2 Å². The van der Waals surface area contributed by atoms with E-state index in [1.165, 1.54) is 0 Å². The van der Waals surface area contributed by atoms with Gasteiger partial charge in [0.1, 0.15) is 24.7 Å². The van der Waals surface area contributed by atoms with E-state index in [1.807, 2.05) is 54.6 Å². The summed E-state index contributed by atoms with van der Waals surface area (Å²) >= 11 is 0. The summed E-state index contributed by atoms with van der Waals surface area (Å²) in [6, 6.07) is 41.1. The summed E-state index contributed by atoms with van der Waals surface area (Å²) in [5.74, 6) is 0.224. The Morgan fingerprint density at radius 2 is 1.17 bits per heavy atom. The highest BCUT2D eigenvalue weighted by Crippen LogP contribution is 2.56. The number of rotatable bonds is 10. The molecule has 5 heteroatoms. The molecule has 0 aliphatic heterocycles. The van der Waals surface area contributed by atoms with Gasteiger partial charge < -0.3 is 14.2 Å². The second-order valence-electron chi connectivity index (χ2n) is 11.4. The minimum atomic E-state index is -0.677. The molecular weight excluding hydrogens is 572 g/mol. The van der Waals surface area contributed by atoms with Crippen LogP contribution in [0.2, 0.25) is 0 Å². The summed E-state index contributed by atoms with van der Waals surface area (Å²) in [6.45, 7) is 11.0. The van der Waals surface area contributed by atoms with E-state index < -0.39 is 17.4 Å².